The van der Waals surface area contributed by atoms with Crippen LogP contribution < -0.4 is 11.1 Å². The Labute approximate surface area is 137 Å². The maximum atomic E-state index is 12.3. The number of aromatic nitrogens is 2. The van der Waals surface area contributed by atoms with E-state index in [0.717, 1.165) is 11.3 Å². The first kappa shape index (κ1) is 15.5. The van der Waals surface area contributed by atoms with Crippen LogP contribution >= 0.6 is 11.3 Å². The maximum Gasteiger partial charge on any atom is 0.433 e. The second-order valence-electron chi connectivity index (χ2n) is 4.72. The highest BCUT2D eigenvalue weighted by Gasteiger charge is 2.22. The van der Waals surface area contributed by atoms with Gasteiger partial charge >= 0.3 is 12.1 Å². The third-order valence-corrected chi connectivity index (χ3v) is 4.29. The number of fused-ring (bicyclic) bond motifs is 1. The number of anilines is 2. The molecule has 0 aliphatic carbocycles. The first-order valence-corrected chi connectivity index (χ1v) is 7.35. The minimum atomic E-state index is -1.39. The summed E-state index contributed by atoms with van der Waals surface area (Å²) in [5.74, 6) is -1.82. The SMILES string of the molecule is Nc1ccccc1C(=O)Nc1nn(C(=O)O)c2sc(C(=O)O)cc12. The van der Waals surface area contributed by atoms with E-state index in [1.807, 2.05) is 0 Å². The molecule has 0 atom stereocenters. The van der Waals surface area contributed by atoms with Crippen LogP contribution in [0.15, 0.2) is 30.3 Å². The van der Waals surface area contributed by atoms with E-state index in [9.17, 15) is 14.4 Å². The Morgan fingerprint density at radius 1 is 1.21 bits per heavy atom. The van der Waals surface area contributed by atoms with Crippen molar-refractivity contribution in [1.29, 1.82) is 0 Å². The van der Waals surface area contributed by atoms with Crippen molar-refractivity contribution in [2.75, 3.05) is 11.1 Å². The van der Waals surface area contributed by atoms with Gasteiger partial charge in [-0.3, -0.25) is 4.79 Å². The number of rotatable bonds is 3. The molecule has 5 N–H and O–H groups in total. The van der Waals surface area contributed by atoms with Crippen LogP contribution in [0, 0.1) is 0 Å². The van der Waals surface area contributed by atoms with Crippen LogP contribution in [0.25, 0.3) is 10.2 Å². The Kier molecular flexibility index (Phi) is 3.66. The van der Waals surface area contributed by atoms with Gasteiger partial charge in [0, 0.05) is 5.69 Å². The molecule has 122 valence electrons. The van der Waals surface area contributed by atoms with Crippen LogP contribution in [-0.4, -0.2) is 38.0 Å². The van der Waals surface area contributed by atoms with Crippen molar-refractivity contribution >= 4 is 51.0 Å². The smallest absolute Gasteiger partial charge is 0.433 e. The van der Waals surface area contributed by atoms with Crippen LogP contribution in [0.3, 0.4) is 0 Å². The van der Waals surface area contributed by atoms with Crippen molar-refractivity contribution in [3.63, 3.8) is 0 Å². The highest BCUT2D eigenvalue weighted by Crippen LogP contribution is 2.31. The number of carbonyl (C=O) groups excluding carboxylic acids is 1. The van der Waals surface area contributed by atoms with Gasteiger partial charge in [0.25, 0.3) is 5.91 Å². The number of para-hydroxylation sites is 1. The first-order chi connectivity index (χ1) is 11.4. The normalized spacial score (nSPS) is 10.7. The molecule has 0 saturated carbocycles. The van der Waals surface area contributed by atoms with Crippen molar-refractivity contribution in [1.82, 2.24) is 9.78 Å². The molecule has 0 saturated heterocycles. The predicted molar refractivity (Wildman–Crippen MR) is 86.8 cm³/mol. The summed E-state index contributed by atoms with van der Waals surface area (Å²) in [6, 6.07) is 7.61. The van der Waals surface area contributed by atoms with E-state index >= 15 is 0 Å². The van der Waals surface area contributed by atoms with Gasteiger partial charge in [-0.2, -0.15) is 4.68 Å². The Balaban J connectivity index is 2.06. The zero-order valence-electron chi connectivity index (χ0n) is 11.9. The molecule has 0 radical (unpaired) electrons. The molecule has 24 heavy (non-hydrogen) atoms. The Hall–Kier alpha value is -3.40. The van der Waals surface area contributed by atoms with E-state index in [4.69, 9.17) is 15.9 Å². The summed E-state index contributed by atoms with van der Waals surface area (Å²) in [5, 5.41) is 24.7. The van der Waals surface area contributed by atoms with E-state index in [2.05, 4.69) is 10.4 Å². The molecular weight excluding hydrogens is 336 g/mol. The molecule has 2 heterocycles. The highest BCUT2D eigenvalue weighted by molar-refractivity contribution is 7.20. The molecule has 1 amide bonds. The molecular formula is C14H10N4O5S. The number of nitrogens with zero attached hydrogens (tertiary/aromatic N) is 2. The zero-order valence-corrected chi connectivity index (χ0v) is 12.7. The number of amides is 1. The van der Waals surface area contributed by atoms with Crippen LogP contribution in [0.4, 0.5) is 16.3 Å². The number of thiophene rings is 1. The lowest BCUT2D eigenvalue weighted by atomic mass is 10.1. The molecule has 0 fully saturated rings. The molecule has 0 aliphatic heterocycles. The molecule has 0 bridgehead atoms. The number of hydrogen-bond acceptors (Lipinski definition) is 6. The molecule has 0 spiro atoms. The van der Waals surface area contributed by atoms with E-state index in [-0.39, 0.29) is 32.2 Å². The van der Waals surface area contributed by atoms with Gasteiger partial charge in [0.15, 0.2) is 5.82 Å². The maximum absolute atomic E-state index is 12.3. The fraction of sp³-hybridized carbons (Fsp3) is 0. The monoisotopic (exact) mass is 346 g/mol. The first-order valence-electron chi connectivity index (χ1n) is 6.53. The summed E-state index contributed by atoms with van der Waals surface area (Å²) >= 11 is 0.751. The van der Waals surface area contributed by atoms with Crippen LogP contribution in [0.2, 0.25) is 0 Å². The second kappa shape index (κ2) is 5.66. The summed E-state index contributed by atoms with van der Waals surface area (Å²) in [5.41, 5.74) is 6.18. The lowest BCUT2D eigenvalue weighted by Crippen LogP contribution is -2.15. The van der Waals surface area contributed by atoms with Gasteiger partial charge in [-0.25, -0.2) is 9.59 Å². The standard InChI is InChI=1S/C14H10N4O5S/c15-8-4-2-1-3-6(8)11(19)16-10-7-5-9(13(20)21)24-12(7)18(17-10)14(22)23/h1-5H,15H2,(H,20,21)(H,22,23)(H,16,17,19). The number of carbonyl (C=O) groups is 3. The van der Waals surface area contributed by atoms with Crippen LogP contribution in [0.5, 0.6) is 0 Å². The molecule has 2 aromatic heterocycles. The molecule has 9 nitrogen and oxygen atoms in total. The number of nitrogen functional groups attached to an aromatic ring is 1. The number of aromatic carboxylic acids is 1. The lowest BCUT2D eigenvalue weighted by molar-refractivity contribution is 0.0702. The highest BCUT2D eigenvalue weighted by atomic mass is 32.1. The van der Waals surface area contributed by atoms with Crippen molar-refractivity contribution in [2.24, 2.45) is 0 Å². The summed E-state index contributed by atoms with van der Waals surface area (Å²) in [4.78, 5) is 34.7. The number of carboxylic acid groups (broad SMARTS) is 2. The van der Waals surface area contributed by atoms with E-state index in [0.29, 0.717) is 4.68 Å². The van der Waals surface area contributed by atoms with Gasteiger partial charge < -0.3 is 21.3 Å². The summed E-state index contributed by atoms with van der Waals surface area (Å²) < 4.78 is 0.621. The molecule has 10 heteroatoms. The van der Waals surface area contributed by atoms with Gasteiger partial charge in [-0.1, -0.05) is 12.1 Å². The Bertz CT molecular complexity index is 990. The minimum absolute atomic E-state index is 0.0515. The topological polar surface area (TPSA) is 148 Å². The van der Waals surface area contributed by atoms with Crippen molar-refractivity contribution in [3.8, 4) is 0 Å². The fourth-order valence-electron chi connectivity index (χ4n) is 2.11. The molecule has 0 unspecified atom stereocenters. The van der Waals surface area contributed by atoms with Crippen molar-refractivity contribution < 1.29 is 24.6 Å². The van der Waals surface area contributed by atoms with Gasteiger partial charge in [-0.05, 0) is 18.2 Å². The molecule has 0 aliphatic rings. The summed E-state index contributed by atoms with van der Waals surface area (Å²) in [7, 11) is 0. The van der Waals surface area contributed by atoms with Gasteiger partial charge in [0.05, 0.1) is 10.9 Å². The Morgan fingerprint density at radius 3 is 2.54 bits per heavy atom. The fourth-order valence-corrected chi connectivity index (χ4v) is 3.06. The van der Waals surface area contributed by atoms with Gasteiger partial charge in [0.2, 0.25) is 0 Å². The average Bonchev–Trinajstić information content (AvgIpc) is 3.08. The average molecular weight is 346 g/mol. The third-order valence-electron chi connectivity index (χ3n) is 3.19. The van der Waals surface area contributed by atoms with Crippen LogP contribution in [-0.2, 0) is 0 Å². The summed E-state index contributed by atoms with van der Waals surface area (Å²) in [6.45, 7) is 0. The number of nitrogens with one attached hydrogen (secondary N) is 1. The van der Waals surface area contributed by atoms with Gasteiger partial charge in [0.1, 0.15) is 9.71 Å². The van der Waals surface area contributed by atoms with Gasteiger partial charge in [-0.15, -0.1) is 16.4 Å². The number of nitrogens with two attached hydrogens (primary N) is 1. The predicted octanol–water partition coefficient (Wildman–Crippen LogP) is 2.16. The zero-order chi connectivity index (χ0) is 17.4. The van der Waals surface area contributed by atoms with Crippen molar-refractivity contribution in [2.45, 2.75) is 0 Å². The molecule has 3 rings (SSSR count). The van der Waals surface area contributed by atoms with E-state index in [1.54, 1.807) is 18.2 Å². The second-order valence-corrected chi connectivity index (χ2v) is 5.75. The molecule has 1 aromatic carbocycles. The Morgan fingerprint density at radius 2 is 1.92 bits per heavy atom. The van der Waals surface area contributed by atoms with Crippen molar-refractivity contribution in [3.05, 3.63) is 40.8 Å². The largest absolute Gasteiger partial charge is 0.477 e. The third kappa shape index (κ3) is 2.54. The molecule has 3 aromatic rings. The minimum Gasteiger partial charge on any atom is -0.477 e. The quantitative estimate of drug-likeness (QED) is 0.531. The summed E-state index contributed by atoms with van der Waals surface area (Å²) in [6.07, 6.45) is -1.39. The number of benzene rings is 1. The van der Waals surface area contributed by atoms with Crippen LogP contribution in [0.1, 0.15) is 20.0 Å². The van der Waals surface area contributed by atoms with E-state index in [1.165, 1.54) is 12.1 Å². The number of hydrogen-bond donors (Lipinski definition) is 4. The number of carboxylic acids is 1. The lowest BCUT2D eigenvalue weighted by Gasteiger charge is -2.05. The van der Waals surface area contributed by atoms with E-state index < -0.39 is 18.0 Å².